The molecule has 1 aromatic carbocycles. The Balaban J connectivity index is 2.05. The minimum absolute atomic E-state index is 0.114. The van der Waals surface area contributed by atoms with Gasteiger partial charge in [0.15, 0.2) is 0 Å². The van der Waals surface area contributed by atoms with Crippen LogP contribution in [0.25, 0.3) is 0 Å². The molecule has 0 aliphatic heterocycles. The summed E-state index contributed by atoms with van der Waals surface area (Å²) in [7, 11) is 1.53. The van der Waals surface area contributed by atoms with E-state index in [1.165, 1.54) is 25.3 Å². The number of thiophene rings is 1. The zero-order valence-electron chi connectivity index (χ0n) is 11.6. The van der Waals surface area contributed by atoms with Crippen LogP contribution in [-0.4, -0.2) is 12.0 Å². The molecular weight excluding hydrogens is 295 g/mol. The Morgan fingerprint density at radius 3 is 2.81 bits per heavy atom. The molecule has 0 spiro atoms. The van der Waals surface area contributed by atoms with E-state index >= 15 is 0 Å². The van der Waals surface area contributed by atoms with E-state index in [2.05, 4.69) is 5.32 Å². The van der Waals surface area contributed by atoms with Crippen LogP contribution in [0, 0.1) is 15.9 Å². The second-order valence-corrected chi connectivity index (χ2v) is 5.63. The third-order valence-corrected chi connectivity index (χ3v) is 4.11. The van der Waals surface area contributed by atoms with Crippen molar-refractivity contribution in [3.8, 4) is 5.75 Å². The molecule has 0 aliphatic rings. The van der Waals surface area contributed by atoms with E-state index < -0.39 is 4.92 Å². The van der Waals surface area contributed by atoms with Gasteiger partial charge in [0, 0.05) is 29.1 Å². The van der Waals surface area contributed by atoms with Crippen LogP contribution in [0.5, 0.6) is 5.75 Å². The molecule has 2 rings (SSSR count). The maximum atomic E-state index is 13.3. The predicted octanol–water partition coefficient (Wildman–Crippen LogP) is 3.65. The van der Waals surface area contributed by atoms with Crippen molar-refractivity contribution in [2.75, 3.05) is 7.11 Å². The fourth-order valence-electron chi connectivity index (χ4n) is 1.97. The van der Waals surface area contributed by atoms with Gasteiger partial charge < -0.3 is 10.1 Å². The molecule has 0 amide bonds. The summed E-state index contributed by atoms with van der Waals surface area (Å²) < 4.78 is 18.6. The summed E-state index contributed by atoms with van der Waals surface area (Å²) in [5.41, 5.74) is 0.712. The van der Waals surface area contributed by atoms with Crippen molar-refractivity contribution in [1.82, 2.24) is 5.32 Å². The van der Waals surface area contributed by atoms with Crippen LogP contribution in [0.2, 0.25) is 0 Å². The van der Waals surface area contributed by atoms with Crippen molar-refractivity contribution >= 4 is 16.3 Å². The van der Waals surface area contributed by atoms with E-state index in [0.29, 0.717) is 17.9 Å². The summed E-state index contributed by atoms with van der Waals surface area (Å²) in [5, 5.41) is 14.0. The molecule has 21 heavy (non-hydrogen) atoms. The molecule has 1 heterocycles. The SMILES string of the molecule is COc1ccc(F)cc1C(C)NCc1ccc([N+](=O)[O-])s1. The van der Waals surface area contributed by atoms with E-state index in [9.17, 15) is 14.5 Å². The first-order chi connectivity index (χ1) is 10.0. The molecule has 1 unspecified atom stereocenters. The highest BCUT2D eigenvalue weighted by molar-refractivity contribution is 7.15. The summed E-state index contributed by atoms with van der Waals surface area (Å²) in [4.78, 5) is 11.1. The van der Waals surface area contributed by atoms with Crippen molar-refractivity contribution in [2.45, 2.75) is 19.5 Å². The second-order valence-electron chi connectivity index (χ2n) is 4.49. The van der Waals surface area contributed by atoms with Crippen molar-refractivity contribution in [2.24, 2.45) is 0 Å². The van der Waals surface area contributed by atoms with Gasteiger partial charge in [-0.25, -0.2) is 4.39 Å². The number of hydrogen-bond acceptors (Lipinski definition) is 5. The number of nitro groups is 1. The molecule has 1 aromatic heterocycles. The van der Waals surface area contributed by atoms with E-state index in [1.54, 1.807) is 12.1 Å². The lowest BCUT2D eigenvalue weighted by Crippen LogP contribution is -2.18. The van der Waals surface area contributed by atoms with Crippen molar-refractivity contribution in [1.29, 1.82) is 0 Å². The average Bonchev–Trinajstić information content (AvgIpc) is 2.94. The molecule has 0 saturated carbocycles. The van der Waals surface area contributed by atoms with Gasteiger partial charge in [0.25, 0.3) is 0 Å². The van der Waals surface area contributed by atoms with E-state index in [1.807, 2.05) is 6.92 Å². The van der Waals surface area contributed by atoms with Gasteiger partial charge in [-0.2, -0.15) is 0 Å². The minimum Gasteiger partial charge on any atom is -0.496 e. The van der Waals surface area contributed by atoms with Gasteiger partial charge in [-0.3, -0.25) is 10.1 Å². The van der Waals surface area contributed by atoms with Crippen LogP contribution in [0.1, 0.15) is 23.4 Å². The Morgan fingerprint density at radius 2 is 2.19 bits per heavy atom. The van der Waals surface area contributed by atoms with E-state index in [0.717, 1.165) is 16.2 Å². The molecule has 0 bridgehead atoms. The molecule has 7 heteroatoms. The fraction of sp³-hybridized carbons (Fsp3) is 0.286. The number of nitrogens with zero attached hydrogens (tertiary/aromatic N) is 1. The van der Waals surface area contributed by atoms with Crippen LogP contribution >= 0.6 is 11.3 Å². The number of nitrogens with one attached hydrogen (secondary N) is 1. The molecular formula is C14H15FN2O3S. The highest BCUT2D eigenvalue weighted by Crippen LogP contribution is 2.27. The lowest BCUT2D eigenvalue weighted by Gasteiger charge is -2.17. The number of methoxy groups -OCH3 is 1. The Labute approximate surface area is 125 Å². The maximum Gasteiger partial charge on any atom is 0.324 e. The Hall–Kier alpha value is -1.99. The van der Waals surface area contributed by atoms with Crippen molar-refractivity contribution in [3.05, 3.63) is 56.7 Å². The number of rotatable bonds is 6. The molecule has 1 atom stereocenters. The minimum atomic E-state index is -0.410. The molecule has 0 saturated heterocycles. The van der Waals surface area contributed by atoms with Crippen LogP contribution < -0.4 is 10.1 Å². The monoisotopic (exact) mass is 310 g/mol. The quantitative estimate of drug-likeness (QED) is 0.653. The van der Waals surface area contributed by atoms with Crippen LogP contribution in [0.15, 0.2) is 30.3 Å². The van der Waals surface area contributed by atoms with E-state index in [-0.39, 0.29) is 16.9 Å². The highest BCUT2D eigenvalue weighted by atomic mass is 32.1. The molecule has 2 aromatic rings. The van der Waals surface area contributed by atoms with Crippen molar-refractivity contribution in [3.63, 3.8) is 0 Å². The molecule has 0 aliphatic carbocycles. The van der Waals surface area contributed by atoms with E-state index in [4.69, 9.17) is 4.74 Å². The predicted molar refractivity (Wildman–Crippen MR) is 79.2 cm³/mol. The maximum absolute atomic E-state index is 13.3. The largest absolute Gasteiger partial charge is 0.496 e. The number of halogens is 1. The summed E-state index contributed by atoms with van der Waals surface area (Å²) in [6, 6.07) is 7.40. The lowest BCUT2D eigenvalue weighted by atomic mass is 10.1. The van der Waals surface area contributed by atoms with Gasteiger partial charge in [0.1, 0.15) is 11.6 Å². The molecule has 0 radical (unpaired) electrons. The Kier molecular flexibility index (Phi) is 4.87. The average molecular weight is 310 g/mol. The molecule has 0 fully saturated rings. The van der Waals surface area contributed by atoms with Crippen LogP contribution in [-0.2, 0) is 6.54 Å². The first kappa shape index (κ1) is 15.4. The van der Waals surface area contributed by atoms with Gasteiger partial charge >= 0.3 is 5.00 Å². The first-order valence-electron chi connectivity index (χ1n) is 6.31. The first-order valence-corrected chi connectivity index (χ1v) is 7.13. The fourth-order valence-corrected chi connectivity index (χ4v) is 2.74. The van der Waals surface area contributed by atoms with Crippen molar-refractivity contribution < 1.29 is 14.1 Å². The lowest BCUT2D eigenvalue weighted by molar-refractivity contribution is -0.380. The summed E-state index contributed by atoms with van der Waals surface area (Å²) in [5.74, 6) is 0.278. The third-order valence-electron chi connectivity index (χ3n) is 3.07. The van der Waals surface area contributed by atoms with Gasteiger partial charge in [0.2, 0.25) is 0 Å². The van der Waals surface area contributed by atoms with Gasteiger partial charge in [0.05, 0.1) is 12.0 Å². The summed E-state index contributed by atoms with van der Waals surface area (Å²) >= 11 is 1.12. The van der Waals surface area contributed by atoms with Gasteiger partial charge in [-0.05, 0) is 31.2 Å². The normalized spacial score (nSPS) is 12.1. The zero-order chi connectivity index (χ0) is 15.4. The molecule has 112 valence electrons. The standard InChI is InChI=1S/C14H15FN2O3S/c1-9(12-7-10(15)3-5-13(12)20-2)16-8-11-4-6-14(21-11)17(18)19/h3-7,9,16H,8H2,1-2H3. The zero-order valence-corrected chi connectivity index (χ0v) is 12.4. The summed E-state index contributed by atoms with van der Waals surface area (Å²) in [6.45, 7) is 2.36. The summed E-state index contributed by atoms with van der Waals surface area (Å²) in [6.07, 6.45) is 0. The topological polar surface area (TPSA) is 64.4 Å². The van der Waals surface area contributed by atoms with Crippen LogP contribution in [0.4, 0.5) is 9.39 Å². The number of ether oxygens (including phenoxy) is 1. The Morgan fingerprint density at radius 1 is 1.43 bits per heavy atom. The highest BCUT2D eigenvalue weighted by Gasteiger charge is 2.14. The molecule has 5 nitrogen and oxygen atoms in total. The number of hydrogen-bond donors (Lipinski definition) is 1. The second kappa shape index (κ2) is 6.64. The van der Waals surface area contributed by atoms with Gasteiger partial charge in [-0.15, -0.1) is 0 Å². The smallest absolute Gasteiger partial charge is 0.324 e. The third kappa shape index (κ3) is 3.77. The number of benzene rings is 1. The Bertz CT molecular complexity index is 645. The van der Waals surface area contributed by atoms with Crippen LogP contribution in [0.3, 0.4) is 0 Å². The van der Waals surface area contributed by atoms with Gasteiger partial charge in [-0.1, -0.05) is 11.3 Å². The molecule has 1 N–H and O–H groups in total.